The van der Waals surface area contributed by atoms with Gasteiger partial charge in [-0.1, -0.05) is 30.3 Å². The smallest absolute Gasteiger partial charge is 0.488 e. The number of carboxylic acid groups (broad SMARTS) is 1. The second kappa shape index (κ2) is 7.81. The van der Waals surface area contributed by atoms with Crippen molar-refractivity contribution in [2.45, 2.75) is 18.3 Å². The van der Waals surface area contributed by atoms with E-state index in [0.29, 0.717) is 5.56 Å². The first-order valence-electron chi connectivity index (χ1n) is 7.38. The van der Waals surface area contributed by atoms with Gasteiger partial charge in [0.15, 0.2) is 5.75 Å². The van der Waals surface area contributed by atoms with E-state index in [1.54, 1.807) is 18.2 Å². The summed E-state index contributed by atoms with van der Waals surface area (Å²) >= 11 is 0. The van der Waals surface area contributed by atoms with Crippen LogP contribution in [0.5, 0.6) is 11.5 Å². The van der Waals surface area contributed by atoms with E-state index in [1.807, 2.05) is 0 Å². The van der Waals surface area contributed by atoms with Crippen LogP contribution in [-0.4, -0.2) is 25.0 Å². The van der Waals surface area contributed by atoms with Crippen molar-refractivity contribution in [3.05, 3.63) is 59.2 Å². The van der Waals surface area contributed by atoms with E-state index < -0.39 is 57.0 Å². The van der Waals surface area contributed by atoms with Crippen LogP contribution in [0.25, 0.3) is 0 Å². The molecule has 0 aliphatic rings. The van der Waals surface area contributed by atoms with Gasteiger partial charge >= 0.3 is 27.8 Å². The molecular weight excluding hydrogens is 434 g/mol. The number of benzene rings is 2. The lowest BCUT2D eigenvalue weighted by Gasteiger charge is -2.18. The Morgan fingerprint density at radius 3 is 2.03 bits per heavy atom. The summed E-state index contributed by atoms with van der Waals surface area (Å²) in [6.45, 7) is -0.470. The molecule has 13 heteroatoms. The Balaban J connectivity index is 2.56. The second-order valence-corrected chi connectivity index (χ2v) is 6.94. The van der Waals surface area contributed by atoms with Crippen molar-refractivity contribution in [1.29, 1.82) is 0 Å². The summed E-state index contributed by atoms with van der Waals surface area (Å²) < 4.78 is 108. The molecule has 0 bridgehead atoms. The van der Waals surface area contributed by atoms with E-state index in [1.165, 1.54) is 12.1 Å². The van der Waals surface area contributed by atoms with Gasteiger partial charge in [0.05, 0.1) is 5.56 Å². The SMILES string of the molecule is O=C(O)c1cc(C(F)(F)F)c(OCc2ccccc2)cc1OS(=O)(=O)C(F)(F)F. The average molecular weight is 444 g/mol. The molecule has 0 atom stereocenters. The van der Waals surface area contributed by atoms with Crippen LogP contribution in [0.2, 0.25) is 0 Å². The molecule has 0 unspecified atom stereocenters. The average Bonchev–Trinajstić information content (AvgIpc) is 2.58. The van der Waals surface area contributed by atoms with Crippen molar-refractivity contribution in [2.75, 3.05) is 0 Å². The van der Waals surface area contributed by atoms with Gasteiger partial charge in [0, 0.05) is 6.07 Å². The predicted molar refractivity (Wildman–Crippen MR) is 84.8 cm³/mol. The molecule has 2 aromatic carbocycles. The summed E-state index contributed by atoms with van der Waals surface area (Å²) in [6, 6.07) is 7.72. The lowest BCUT2D eigenvalue weighted by Crippen LogP contribution is -2.28. The zero-order valence-electron chi connectivity index (χ0n) is 13.9. The molecule has 29 heavy (non-hydrogen) atoms. The lowest BCUT2D eigenvalue weighted by atomic mass is 10.1. The molecule has 0 fully saturated rings. The monoisotopic (exact) mass is 444 g/mol. The van der Waals surface area contributed by atoms with Crippen molar-refractivity contribution >= 4 is 16.1 Å². The van der Waals surface area contributed by atoms with Gasteiger partial charge in [-0.05, 0) is 11.6 Å². The number of carboxylic acids is 1. The first kappa shape index (κ1) is 22.3. The fourth-order valence-corrected chi connectivity index (χ4v) is 2.51. The molecule has 0 aromatic heterocycles. The summed E-state index contributed by atoms with van der Waals surface area (Å²) in [5.41, 5.74) is -8.63. The van der Waals surface area contributed by atoms with Crippen LogP contribution >= 0.6 is 0 Å². The van der Waals surface area contributed by atoms with E-state index in [0.717, 1.165) is 0 Å². The van der Waals surface area contributed by atoms with Gasteiger partial charge in [0.2, 0.25) is 0 Å². The van der Waals surface area contributed by atoms with Gasteiger partial charge < -0.3 is 14.0 Å². The lowest BCUT2D eigenvalue weighted by molar-refractivity contribution is -0.139. The number of alkyl halides is 6. The van der Waals surface area contributed by atoms with Crippen molar-refractivity contribution in [2.24, 2.45) is 0 Å². The van der Waals surface area contributed by atoms with Gasteiger partial charge in [0.25, 0.3) is 0 Å². The Kier molecular flexibility index (Phi) is 6.02. The van der Waals surface area contributed by atoms with Crippen LogP contribution in [0.15, 0.2) is 42.5 Å². The molecule has 1 N–H and O–H groups in total. The number of hydrogen-bond donors (Lipinski definition) is 1. The van der Waals surface area contributed by atoms with Crippen LogP contribution in [0, 0.1) is 0 Å². The molecule has 0 amide bonds. The summed E-state index contributed by atoms with van der Waals surface area (Å²) in [5, 5.41) is 8.99. The Bertz CT molecular complexity index is 999. The van der Waals surface area contributed by atoms with Crippen molar-refractivity contribution in [1.82, 2.24) is 0 Å². The molecule has 0 heterocycles. The van der Waals surface area contributed by atoms with Crippen molar-refractivity contribution in [3.63, 3.8) is 0 Å². The maximum absolute atomic E-state index is 13.3. The standard InChI is InChI=1S/C16H10F6O6S/c17-15(18,19)11-6-10(14(23)24)12(28-29(25,26)16(20,21)22)7-13(11)27-8-9-4-2-1-3-5-9/h1-7H,8H2,(H,23,24). The Hall–Kier alpha value is -2.96. The molecule has 2 aromatic rings. The third kappa shape index (κ3) is 5.31. The molecule has 6 nitrogen and oxygen atoms in total. The summed E-state index contributed by atoms with van der Waals surface area (Å²) in [4.78, 5) is 11.2. The molecule has 0 saturated heterocycles. The molecule has 0 aliphatic carbocycles. The highest BCUT2D eigenvalue weighted by molar-refractivity contribution is 7.88. The molecule has 0 spiro atoms. The van der Waals surface area contributed by atoms with Gasteiger partial charge in [-0.2, -0.15) is 34.8 Å². The zero-order valence-corrected chi connectivity index (χ0v) is 14.7. The van der Waals surface area contributed by atoms with Crippen LogP contribution < -0.4 is 8.92 Å². The fourth-order valence-electron chi connectivity index (χ4n) is 2.04. The number of halogens is 6. The quantitative estimate of drug-likeness (QED) is 0.408. The molecule has 158 valence electrons. The van der Waals surface area contributed by atoms with Crippen molar-refractivity contribution < 1.29 is 53.6 Å². The Morgan fingerprint density at radius 1 is 0.966 bits per heavy atom. The van der Waals surface area contributed by atoms with Gasteiger partial charge in [-0.3, -0.25) is 0 Å². The van der Waals surface area contributed by atoms with Gasteiger partial charge in [-0.25, -0.2) is 4.79 Å². The van der Waals surface area contributed by atoms with E-state index in [2.05, 4.69) is 4.18 Å². The normalized spacial score (nSPS) is 12.5. The highest BCUT2D eigenvalue weighted by atomic mass is 32.2. The van der Waals surface area contributed by atoms with Gasteiger partial charge in [0.1, 0.15) is 17.9 Å². The number of rotatable bonds is 6. The second-order valence-electron chi connectivity index (χ2n) is 5.40. The molecule has 0 radical (unpaired) electrons. The highest BCUT2D eigenvalue weighted by Gasteiger charge is 2.49. The van der Waals surface area contributed by atoms with Crippen LogP contribution in [0.1, 0.15) is 21.5 Å². The zero-order chi connectivity index (χ0) is 22.0. The van der Waals surface area contributed by atoms with Crippen LogP contribution in [0.4, 0.5) is 26.3 Å². The van der Waals surface area contributed by atoms with E-state index in [9.17, 15) is 39.6 Å². The Morgan fingerprint density at radius 2 is 1.55 bits per heavy atom. The summed E-state index contributed by atoms with van der Waals surface area (Å²) in [6.07, 6.45) is -5.16. The van der Waals surface area contributed by atoms with Crippen molar-refractivity contribution in [3.8, 4) is 11.5 Å². The van der Waals surface area contributed by atoms with Crippen LogP contribution in [0.3, 0.4) is 0 Å². The van der Waals surface area contributed by atoms with E-state index in [4.69, 9.17) is 9.84 Å². The minimum atomic E-state index is -6.34. The molecular formula is C16H10F6O6S. The highest BCUT2D eigenvalue weighted by Crippen LogP contribution is 2.41. The first-order valence-corrected chi connectivity index (χ1v) is 8.79. The maximum Gasteiger partial charge on any atom is 0.534 e. The first-order chi connectivity index (χ1) is 13.2. The molecule has 0 aliphatic heterocycles. The third-order valence-electron chi connectivity index (χ3n) is 3.34. The van der Waals surface area contributed by atoms with E-state index in [-0.39, 0.29) is 12.1 Å². The van der Waals surface area contributed by atoms with Crippen LogP contribution in [-0.2, 0) is 22.9 Å². The summed E-state index contributed by atoms with van der Waals surface area (Å²) in [7, 11) is -6.34. The molecule has 2 rings (SSSR count). The topological polar surface area (TPSA) is 89.9 Å². The third-order valence-corrected chi connectivity index (χ3v) is 4.30. The fraction of sp³-hybridized carbons (Fsp3) is 0.188. The Labute approximate surface area is 159 Å². The number of hydrogen-bond acceptors (Lipinski definition) is 5. The minimum absolute atomic E-state index is 0.0656. The minimum Gasteiger partial charge on any atom is -0.488 e. The maximum atomic E-state index is 13.3. The van der Waals surface area contributed by atoms with Gasteiger partial charge in [-0.15, -0.1) is 0 Å². The number of aromatic carboxylic acids is 1. The van der Waals surface area contributed by atoms with E-state index >= 15 is 0 Å². The number of ether oxygens (including phenoxy) is 1. The summed E-state index contributed by atoms with van der Waals surface area (Å²) in [5.74, 6) is -4.73. The molecule has 0 saturated carbocycles. The number of carbonyl (C=O) groups is 1. The predicted octanol–water partition coefficient (Wildman–Crippen LogP) is 4.21. The largest absolute Gasteiger partial charge is 0.534 e.